The van der Waals surface area contributed by atoms with Crippen LogP contribution in [0.4, 0.5) is 0 Å². The topological polar surface area (TPSA) is 50.8 Å². The van der Waals surface area contributed by atoms with E-state index in [2.05, 4.69) is 22.3 Å². The highest BCUT2D eigenvalue weighted by Gasteiger charge is 2.28. The number of carbonyl (C=O) groups excluding carboxylic acids is 1. The molecule has 1 amide bonds. The zero-order valence-corrected chi connectivity index (χ0v) is 15.9. The standard InChI is InChI=1S/C19H21ClN2O3S/c20-18-6-4-14(26-18)11-21-19(23)12-22-7-1-2-15(22)13-3-5-16-17(10-13)25-9-8-24-16/h3-6,10,15H,1-2,7-9,11-12H2,(H,21,23). The average Bonchev–Trinajstić information content (AvgIpc) is 3.28. The van der Waals surface area contributed by atoms with Gasteiger partial charge in [0.2, 0.25) is 5.91 Å². The van der Waals surface area contributed by atoms with E-state index in [-0.39, 0.29) is 11.9 Å². The molecular formula is C19H21ClN2O3S. The van der Waals surface area contributed by atoms with E-state index in [4.69, 9.17) is 21.1 Å². The summed E-state index contributed by atoms with van der Waals surface area (Å²) in [5.41, 5.74) is 1.18. The number of thiophene rings is 1. The van der Waals surface area contributed by atoms with E-state index in [0.29, 0.717) is 26.3 Å². The summed E-state index contributed by atoms with van der Waals surface area (Å²) in [6.45, 7) is 3.03. The van der Waals surface area contributed by atoms with Crippen LogP contribution in [0.1, 0.15) is 29.3 Å². The summed E-state index contributed by atoms with van der Waals surface area (Å²) in [5.74, 6) is 1.65. The van der Waals surface area contributed by atoms with Crippen LogP contribution in [-0.2, 0) is 11.3 Å². The molecule has 1 fully saturated rings. The van der Waals surface area contributed by atoms with Crippen LogP contribution >= 0.6 is 22.9 Å². The molecule has 1 unspecified atom stereocenters. The first-order chi connectivity index (χ1) is 12.7. The minimum Gasteiger partial charge on any atom is -0.486 e. The van der Waals surface area contributed by atoms with E-state index in [9.17, 15) is 4.79 Å². The van der Waals surface area contributed by atoms with Gasteiger partial charge in [-0.25, -0.2) is 0 Å². The van der Waals surface area contributed by atoms with Gasteiger partial charge in [0.1, 0.15) is 13.2 Å². The molecule has 1 aromatic heterocycles. The van der Waals surface area contributed by atoms with Crippen LogP contribution in [0, 0.1) is 0 Å². The van der Waals surface area contributed by atoms with Crippen LogP contribution < -0.4 is 14.8 Å². The number of halogens is 1. The number of rotatable bonds is 5. The zero-order valence-electron chi connectivity index (χ0n) is 14.4. The first-order valence-corrected chi connectivity index (χ1v) is 10.0. The Hall–Kier alpha value is -1.76. The van der Waals surface area contributed by atoms with E-state index < -0.39 is 0 Å². The molecule has 1 atom stereocenters. The Kier molecular flexibility index (Phi) is 5.33. The third-order valence-corrected chi connectivity index (χ3v) is 5.98. The number of nitrogens with one attached hydrogen (secondary N) is 1. The van der Waals surface area contributed by atoms with Crippen molar-refractivity contribution >= 4 is 28.8 Å². The van der Waals surface area contributed by atoms with Gasteiger partial charge in [0, 0.05) is 10.9 Å². The molecule has 1 aromatic carbocycles. The fourth-order valence-corrected chi connectivity index (χ4v) is 4.56. The second-order valence-corrected chi connectivity index (χ2v) is 8.31. The lowest BCUT2D eigenvalue weighted by Gasteiger charge is -2.26. The van der Waals surface area contributed by atoms with Gasteiger partial charge in [0.05, 0.1) is 17.4 Å². The fourth-order valence-electron chi connectivity index (χ4n) is 3.53. The van der Waals surface area contributed by atoms with E-state index in [0.717, 1.165) is 40.1 Å². The first-order valence-electron chi connectivity index (χ1n) is 8.83. The van der Waals surface area contributed by atoms with Crippen molar-refractivity contribution in [1.29, 1.82) is 0 Å². The number of likely N-dealkylation sites (tertiary alicyclic amines) is 1. The van der Waals surface area contributed by atoms with Gasteiger partial charge in [0.25, 0.3) is 0 Å². The normalized spacial score (nSPS) is 19.5. The highest BCUT2D eigenvalue weighted by atomic mass is 35.5. The van der Waals surface area contributed by atoms with Crippen molar-refractivity contribution in [3.63, 3.8) is 0 Å². The molecule has 0 bridgehead atoms. The van der Waals surface area contributed by atoms with Gasteiger partial charge in [-0.1, -0.05) is 17.7 Å². The Balaban J connectivity index is 1.38. The molecule has 5 nitrogen and oxygen atoms in total. The monoisotopic (exact) mass is 392 g/mol. The SMILES string of the molecule is O=C(CN1CCCC1c1ccc2c(c1)OCCO2)NCc1ccc(Cl)s1. The summed E-state index contributed by atoms with van der Waals surface area (Å²) < 4.78 is 12.0. The number of hydrogen-bond donors (Lipinski definition) is 1. The van der Waals surface area contributed by atoms with Crippen LogP contribution in [0.3, 0.4) is 0 Å². The lowest BCUT2D eigenvalue weighted by atomic mass is 10.0. The number of carbonyl (C=O) groups is 1. The second-order valence-electron chi connectivity index (χ2n) is 6.51. The maximum Gasteiger partial charge on any atom is 0.234 e. The molecular weight excluding hydrogens is 372 g/mol. The van der Waals surface area contributed by atoms with E-state index in [1.54, 1.807) is 0 Å². The average molecular weight is 393 g/mol. The number of hydrogen-bond acceptors (Lipinski definition) is 5. The molecule has 138 valence electrons. The summed E-state index contributed by atoms with van der Waals surface area (Å²) in [7, 11) is 0. The zero-order chi connectivity index (χ0) is 17.9. The van der Waals surface area contributed by atoms with Crippen molar-refractivity contribution in [3.05, 3.63) is 45.1 Å². The van der Waals surface area contributed by atoms with Gasteiger partial charge in [-0.3, -0.25) is 9.69 Å². The largest absolute Gasteiger partial charge is 0.486 e. The summed E-state index contributed by atoms with van der Waals surface area (Å²) in [4.78, 5) is 15.7. The molecule has 0 saturated carbocycles. The van der Waals surface area contributed by atoms with Crippen LogP contribution in [-0.4, -0.2) is 37.1 Å². The quantitative estimate of drug-likeness (QED) is 0.844. The molecule has 26 heavy (non-hydrogen) atoms. The molecule has 2 aromatic rings. The highest BCUT2D eigenvalue weighted by Crippen LogP contribution is 2.37. The van der Waals surface area contributed by atoms with Crippen molar-refractivity contribution in [1.82, 2.24) is 10.2 Å². The van der Waals surface area contributed by atoms with Crippen molar-refractivity contribution in [2.45, 2.75) is 25.4 Å². The van der Waals surface area contributed by atoms with Gasteiger partial charge in [-0.05, 0) is 49.2 Å². The molecule has 1 N–H and O–H groups in total. The first kappa shape index (κ1) is 17.6. The van der Waals surface area contributed by atoms with E-state index in [1.165, 1.54) is 16.9 Å². The Morgan fingerprint density at radius 2 is 2.08 bits per heavy atom. The van der Waals surface area contributed by atoms with Crippen molar-refractivity contribution in [3.8, 4) is 11.5 Å². The van der Waals surface area contributed by atoms with Crippen LogP contribution in [0.25, 0.3) is 0 Å². The molecule has 0 radical (unpaired) electrons. The predicted octanol–water partition coefficient (Wildman–Crippen LogP) is 3.63. The van der Waals surface area contributed by atoms with Crippen LogP contribution in [0.15, 0.2) is 30.3 Å². The highest BCUT2D eigenvalue weighted by molar-refractivity contribution is 7.16. The van der Waals surface area contributed by atoms with Gasteiger partial charge in [0.15, 0.2) is 11.5 Å². The molecule has 4 rings (SSSR count). The summed E-state index contributed by atoms with van der Waals surface area (Å²) >= 11 is 7.42. The molecule has 0 spiro atoms. The number of amides is 1. The van der Waals surface area contributed by atoms with Gasteiger partial charge >= 0.3 is 0 Å². The lowest BCUT2D eigenvalue weighted by molar-refractivity contribution is -0.122. The Morgan fingerprint density at radius 1 is 1.23 bits per heavy atom. The van der Waals surface area contributed by atoms with Crippen LogP contribution in [0.2, 0.25) is 4.34 Å². The molecule has 0 aliphatic carbocycles. The minimum absolute atomic E-state index is 0.0407. The third kappa shape index (κ3) is 3.98. The van der Waals surface area contributed by atoms with Crippen molar-refractivity contribution < 1.29 is 14.3 Å². The molecule has 1 saturated heterocycles. The Labute approximate surface area is 161 Å². The second kappa shape index (κ2) is 7.86. The van der Waals surface area contributed by atoms with Gasteiger partial charge < -0.3 is 14.8 Å². The fraction of sp³-hybridized carbons (Fsp3) is 0.421. The number of ether oxygens (including phenoxy) is 2. The maximum atomic E-state index is 12.4. The van der Waals surface area contributed by atoms with Crippen molar-refractivity contribution in [2.75, 3.05) is 26.3 Å². The van der Waals surface area contributed by atoms with E-state index >= 15 is 0 Å². The van der Waals surface area contributed by atoms with Gasteiger partial charge in [-0.15, -0.1) is 11.3 Å². The Bertz CT molecular complexity index is 795. The maximum absolute atomic E-state index is 12.4. The van der Waals surface area contributed by atoms with Gasteiger partial charge in [-0.2, -0.15) is 0 Å². The van der Waals surface area contributed by atoms with Crippen molar-refractivity contribution in [2.24, 2.45) is 0 Å². The van der Waals surface area contributed by atoms with E-state index in [1.807, 2.05) is 18.2 Å². The molecule has 2 aliphatic heterocycles. The summed E-state index contributed by atoms with van der Waals surface area (Å²) in [6.07, 6.45) is 2.14. The number of benzene rings is 1. The summed E-state index contributed by atoms with van der Waals surface area (Å²) in [6, 6.07) is 10.2. The minimum atomic E-state index is 0.0407. The molecule has 7 heteroatoms. The van der Waals surface area contributed by atoms with Crippen LogP contribution in [0.5, 0.6) is 11.5 Å². The number of nitrogens with zero attached hydrogens (tertiary/aromatic N) is 1. The molecule has 2 aliphatic rings. The third-order valence-electron chi connectivity index (χ3n) is 4.75. The lowest BCUT2D eigenvalue weighted by Crippen LogP contribution is -2.36. The predicted molar refractivity (Wildman–Crippen MR) is 102 cm³/mol. The number of fused-ring (bicyclic) bond motifs is 1. The summed E-state index contributed by atoms with van der Waals surface area (Å²) in [5, 5.41) is 2.99. The Morgan fingerprint density at radius 3 is 2.88 bits per heavy atom. The smallest absolute Gasteiger partial charge is 0.234 e. The molecule has 3 heterocycles.